The molecule has 1 aromatic heterocycles. The average molecular weight is 400 g/mol. The molecule has 1 aliphatic rings. The third-order valence-electron chi connectivity index (χ3n) is 6.54. The van der Waals surface area contributed by atoms with Crippen LogP contribution in [0.3, 0.4) is 0 Å². The number of nitrogens with zero attached hydrogens (tertiary/aromatic N) is 1. The number of hydrogen-bond donors (Lipinski definition) is 1. The van der Waals surface area contributed by atoms with Crippen LogP contribution in [0.2, 0.25) is 0 Å². The van der Waals surface area contributed by atoms with Gasteiger partial charge in [-0.15, -0.1) is 0 Å². The van der Waals surface area contributed by atoms with Gasteiger partial charge in [-0.05, 0) is 47.9 Å². The van der Waals surface area contributed by atoms with Gasteiger partial charge in [0.2, 0.25) is 0 Å². The molecule has 0 unspecified atom stereocenters. The van der Waals surface area contributed by atoms with E-state index < -0.39 is 0 Å². The van der Waals surface area contributed by atoms with Crippen LogP contribution >= 0.6 is 0 Å². The van der Waals surface area contributed by atoms with Crippen molar-refractivity contribution in [3.05, 3.63) is 87.8 Å². The number of anilines is 1. The number of nitrogens with one attached hydrogen (secondary N) is 1. The smallest absolute Gasteiger partial charge is 0.336 e. The Balaban J connectivity index is 1.42. The van der Waals surface area contributed by atoms with Crippen molar-refractivity contribution < 1.29 is 9.32 Å². The maximum atomic E-state index is 12.2. The van der Waals surface area contributed by atoms with E-state index in [0.29, 0.717) is 5.58 Å². The molecular weight excluding hydrogens is 372 g/mol. The summed E-state index contributed by atoms with van der Waals surface area (Å²) in [5.74, 6) is 0. The number of fused-ring (bicyclic) bond motifs is 3. The van der Waals surface area contributed by atoms with Crippen LogP contribution in [0.15, 0.2) is 69.9 Å². The van der Waals surface area contributed by atoms with Crippen molar-refractivity contribution in [2.24, 2.45) is 0 Å². The topological polar surface area (TPSA) is 37.9 Å². The molecule has 1 N–H and O–H groups in total. The van der Waals surface area contributed by atoms with Crippen molar-refractivity contribution in [1.29, 1.82) is 0 Å². The lowest BCUT2D eigenvalue weighted by Gasteiger charge is -2.35. The van der Waals surface area contributed by atoms with Gasteiger partial charge < -0.3 is 14.2 Å². The van der Waals surface area contributed by atoms with Gasteiger partial charge in [0, 0.05) is 22.7 Å². The first-order chi connectivity index (χ1) is 14.6. The lowest BCUT2D eigenvalue weighted by atomic mass is 10.0. The fourth-order valence-electron chi connectivity index (χ4n) is 4.75. The van der Waals surface area contributed by atoms with Crippen LogP contribution in [0.25, 0.3) is 21.7 Å². The molecule has 5 rings (SSSR count). The van der Waals surface area contributed by atoms with Gasteiger partial charge in [0.05, 0.1) is 26.2 Å². The van der Waals surface area contributed by atoms with Gasteiger partial charge in [-0.2, -0.15) is 0 Å². The molecule has 30 heavy (non-hydrogen) atoms. The van der Waals surface area contributed by atoms with Gasteiger partial charge in [-0.3, -0.25) is 0 Å². The zero-order valence-electron chi connectivity index (χ0n) is 17.6. The van der Waals surface area contributed by atoms with Crippen molar-refractivity contribution in [3.8, 4) is 0 Å². The van der Waals surface area contributed by atoms with E-state index in [9.17, 15) is 4.79 Å². The van der Waals surface area contributed by atoms with Crippen LogP contribution in [0.5, 0.6) is 0 Å². The van der Waals surface area contributed by atoms with E-state index in [2.05, 4.69) is 49.1 Å². The molecule has 4 aromatic rings. The van der Waals surface area contributed by atoms with Gasteiger partial charge in [-0.25, -0.2) is 4.79 Å². The third-order valence-corrected chi connectivity index (χ3v) is 6.54. The second-order valence-corrected chi connectivity index (χ2v) is 8.38. The Bertz CT molecular complexity index is 1280. The zero-order valence-corrected chi connectivity index (χ0v) is 17.6. The summed E-state index contributed by atoms with van der Waals surface area (Å²) in [5, 5.41) is 3.41. The lowest BCUT2D eigenvalue weighted by molar-refractivity contribution is -0.914. The molecule has 4 nitrogen and oxygen atoms in total. The monoisotopic (exact) mass is 399 g/mol. The minimum Gasteiger partial charge on any atom is -0.423 e. The van der Waals surface area contributed by atoms with Gasteiger partial charge in [0.25, 0.3) is 0 Å². The van der Waals surface area contributed by atoms with Gasteiger partial charge in [0.1, 0.15) is 12.1 Å². The van der Waals surface area contributed by atoms with Crippen LogP contribution < -0.4 is 15.4 Å². The second-order valence-electron chi connectivity index (χ2n) is 8.38. The van der Waals surface area contributed by atoms with Crippen LogP contribution in [-0.2, 0) is 6.54 Å². The number of quaternary nitrogens is 1. The molecule has 0 spiro atoms. The predicted octanol–water partition coefficient (Wildman–Crippen LogP) is 3.47. The number of rotatable bonds is 3. The van der Waals surface area contributed by atoms with Crippen molar-refractivity contribution in [2.45, 2.75) is 20.4 Å². The molecule has 0 radical (unpaired) electrons. The number of aryl methyl sites for hydroxylation is 1. The maximum absolute atomic E-state index is 12.2. The van der Waals surface area contributed by atoms with Crippen molar-refractivity contribution >= 4 is 27.4 Å². The highest BCUT2D eigenvalue weighted by Crippen LogP contribution is 2.27. The van der Waals surface area contributed by atoms with Gasteiger partial charge >= 0.3 is 5.63 Å². The summed E-state index contributed by atoms with van der Waals surface area (Å²) in [6.07, 6.45) is 0. The Morgan fingerprint density at radius 3 is 2.60 bits per heavy atom. The van der Waals surface area contributed by atoms with E-state index in [0.717, 1.165) is 49.1 Å². The third kappa shape index (κ3) is 3.37. The summed E-state index contributed by atoms with van der Waals surface area (Å²) in [6.45, 7) is 9.40. The molecule has 0 atom stereocenters. The first-order valence-corrected chi connectivity index (χ1v) is 10.7. The minimum atomic E-state index is -0.263. The molecule has 2 heterocycles. The summed E-state index contributed by atoms with van der Waals surface area (Å²) in [7, 11) is 0. The fourth-order valence-corrected chi connectivity index (χ4v) is 4.75. The normalized spacial score (nSPS) is 15.2. The lowest BCUT2D eigenvalue weighted by Crippen LogP contribution is -3.13. The highest BCUT2D eigenvalue weighted by atomic mass is 16.4. The quantitative estimate of drug-likeness (QED) is 0.423. The molecule has 3 aromatic carbocycles. The molecule has 152 valence electrons. The summed E-state index contributed by atoms with van der Waals surface area (Å²) in [5.41, 5.74) is 5.58. The highest BCUT2D eigenvalue weighted by molar-refractivity contribution is 6.06. The molecule has 1 saturated heterocycles. The highest BCUT2D eigenvalue weighted by Gasteiger charge is 2.23. The summed E-state index contributed by atoms with van der Waals surface area (Å²) in [6, 6.07) is 20.5. The average Bonchev–Trinajstić information content (AvgIpc) is 2.76. The number of benzene rings is 3. The molecule has 0 saturated carbocycles. The molecule has 0 aliphatic carbocycles. The molecule has 0 amide bonds. The van der Waals surface area contributed by atoms with E-state index in [1.165, 1.54) is 27.1 Å². The molecule has 0 bridgehead atoms. The standard InChI is InChI=1S/C26H26N2O2/c1-18-6-5-9-23(19(18)2)28-14-12-27(13-15-28)17-21-16-25(29)30-24-11-10-20-7-3-4-8-22(20)26(21)24/h3-11,16H,12-15,17H2,1-2H3/p+1. The molecule has 1 aliphatic heterocycles. The SMILES string of the molecule is Cc1cccc(N2CC[NH+](Cc3cc(=O)oc4ccc5ccccc5c34)CC2)c1C. The summed E-state index contributed by atoms with van der Waals surface area (Å²) >= 11 is 0. The van der Waals surface area contributed by atoms with Crippen LogP contribution in [0.1, 0.15) is 16.7 Å². The van der Waals surface area contributed by atoms with Crippen molar-refractivity contribution in [1.82, 2.24) is 0 Å². The second kappa shape index (κ2) is 7.62. The number of piperazine rings is 1. The molecule has 1 fully saturated rings. The largest absolute Gasteiger partial charge is 0.423 e. The number of hydrogen-bond acceptors (Lipinski definition) is 3. The van der Waals surface area contributed by atoms with Crippen molar-refractivity contribution in [3.63, 3.8) is 0 Å². The van der Waals surface area contributed by atoms with Gasteiger partial charge in [0.15, 0.2) is 0 Å². The van der Waals surface area contributed by atoms with E-state index in [1.54, 1.807) is 6.07 Å². The Morgan fingerprint density at radius 1 is 0.967 bits per heavy atom. The first kappa shape index (κ1) is 18.9. The van der Waals surface area contributed by atoms with Crippen LogP contribution in [0.4, 0.5) is 5.69 Å². The van der Waals surface area contributed by atoms with E-state index in [-0.39, 0.29) is 5.63 Å². The Morgan fingerprint density at radius 2 is 1.77 bits per heavy atom. The van der Waals surface area contributed by atoms with Gasteiger partial charge in [-0.1, -0.05) is 42.5 Å². The summed E-state index contributed by atoms with van der Waals surface area (Å²) in [4.78, 5) is 16.2. The van der Waals surface area contributed by atoms with E-state index in [4.69, 9.17) is 4.42 Å². The van der Waals surface area contributed by atoms with E-state index in [1.807, 2.05) is 24.3 Å². The maximum Gasteiger partial charge on any atom is 0.336 e. The molecule has 4 heteroatoms. The fraction of sp³-hybridized carbons (Fsp3) is 0.269. The van der Waals surface area contributed by atoms with Crippen LogP contribution in [-0.4, -0.2) is 26.2 Å². The van der Waals surface area contributed by atoms with Crippen molar-refractivity contribution in [2.75, 3.05) is 31.1 Å². The Kier molecular flexibility index (Phi) is 4.80. The summed E-state index contributed by atoms with van der Waals surface area (Å²) < 4.78 is 5.53. The molecular formula is C26H27N2O2+. The Hall–Kier alpha value is -3.11. The first-order valence-electron chi connectivity index (χ1n) is 10.7. The Labute approximate surface area is 176 Å². The van der Waals surface area contributed by atoms with E-state index >= 15 is 0 Å². The van der Waals surface area contributed by atoms with Crippen LogP contribution in [0, 0.1) is 13.8 Å². The minimum absolute atomic E-state index is 0.263. The zero-order chi connectivity index (χ0) is 20.7. The predicted molar refractivity (Wildman–Crippen MR) is 123 cm³/mol.